The zero-order valence-corrected chi connectivity index (χ0v) is 20.4. The predicted molar refractivity (Wildman–Crippen MR) is 142 cm³/mol. The smallest absolute Gasteiger partial charge is 0.363 e. The normalized spacial score (nSPS) is 13.7. The van der Waals surface area contributed by atoms with Crippen LogP contribution in [0.3, 0.4) is 0 Å². The molecule has 0 atom stereocenters. The Labute approximate surface area is 218 Å². The second-order valence-corrected chi connectivity index (χ2v) is 8.48. The lowest BCUT2D eigenvalue weighted by Crippen LogP contribution is -2.09. The largest absolute Gasteiger partial charge is 0.493 e. The molecule has 0 amide bonds. The Bertz CT molecular complexity index is 1530. The highest BCUT2D eigenvalue weighted by Gasteiger charge is 2.25. The number of carbonyl (C=O) groups is 2. The molecule has 0 fully saturated rings. The lowest BCUT2D eigenvalue weighted by Gasteiger charge is -2.12. The average molecular weight is 510 g/mol. The molecule has 6 nitrogen and oxygen atoms in total. The van der Waals surface area contributed by atoms with Gasteiger partial charge in [-0.05, 0) is 59.2 Å². The van der Waals surface area contributed by atoms with Crippen molar-refractivity contribution < 1.29 is 23.8 Å². The first kappa shape index (κ1) is 24.0. The molecular formula is C30H20ClNO5. The van der Waals surface area contributed by atoms with E-state index in [1.165, 1.54) is 13.2 Å². The Balaban J connectivity index is 1.39. The van der Waals surface area contributed by atoms with Crippen LogP contribution in [-0.4, -0.2) is 24.9 Å². The Hall–Kier alpha value is -4.68. The molecule has 0 aliphatic carbocycles. The van der Waals surface area contributed by atoms with E-state index in [4.69, 9.17) is 25.8 Å². The van der Waals surface area contributed by atoms with E-state index in [0.717, 1.165) is 11.1 Å². The second-order valence-electron chi connectivity index (χ2n) is 8.07. The van der Waals surface area contributed by atoms with E-state index in [-0.39, 0.29) is 28.1 Å². The summed E-state index contributed by atoms with van der Waals surface area (Å²) < 4.78 is 16.3. The van der Waals surface area contributed by atoms with Crippen LogP contribution in [0.15, 0.2) is 108 Å². The molecule has 1 aliphatic rings. The van der Waals surface area contributed by atoms with Crippen LogP contribution in [0.1, 0.15) is 21.5 Å². The summed E-state index contributed by atoms with van der Waals surface area (Å²) >= 11 is 6.42. The molecule has 0 radical (unpaired) electrons. The molecule has 0 N–H and O–H groups in total. The fourth-order valence-electron chi connectivity index (χ4n) is 3.77. The summed E-state index contributed by atoms with van der Waals surface area (Å²) in [6.07, 6.45) is 1.53. The summed E-state index contributed by atoms with van der Waals surface area (Å²) in [7, 11) is 1.43. The number of aliphatic imine (C=N–C) groups is 1. The van der Waals surface area contributed by atoms with Gasteiger partial charge in [0.1, 0.15) is 0 Å². The maximum atomic E-state index is 12.5. The van der Waals surface area contributed by atoms with Gasteiger partial charge in [-0.1, -0.05) is 72.3 Å². The molecule has 0 unspecified atom stereocenters. The summed E-state index contributed by atoms with van der Waals surface area (Å²) in [6.45, 7) is 0. The quantitative estimate of drug-likeness (QED) is 0.167. The molecule has 5 rings (SSSR count). The summed E-state index contributed by atoms with van der Waals surface area (Å²) in [4.78, 5) is 29.4. The molecule has 4 aromatic rings. The first-order valence-electron chi connectivity index (χ1n) is 11.3. The highest BCUT2D eigenvalue weighted by Crippen LogP contribution is 2.38. The van der Waals surface area contributed by atoms with Crippen LogP contribution in [0, 0.1) is 0 Å². The third kappa shape index (κ3) is 5.29. The number of carbonyl (C=O) groups excluding carboxylic acids is 2. The molecule has 4 aromatic carbocycles. The number of halogens is 1. The van der Waals surface area contributed by atoms with E-state index in [0.29, 0.717) is 16.7 Å². The second kappa shape index (κ2) is 10.5. The Morgan fingerprint density at radius 2 is 1.49 bits per heavy atom. The lowest BCUT2D eigenvalue weighted by atomic mass is 10.0. The monoisotopic (exact) mass is 509 g/mol. The molecule has 37 heavy (non-hydrogen) atoms. The maximum Gasteiger partial charge on any atom is 0.363 e. The van der Waals surface area contributed by atoms with E-state index >= 15 is 0 Å². The van der Waals surface area contributed by atoms with Gasteiger partial charge in [0.25, 0.3) is 0 Å². The zero-order valence-electron chi connectivity index (χ0n) is 19.7. The first-order valence-corrected chi connectivity index (χ1v) is 11.7. The fraction of sp³-hybridized carbons (Fsp3) is 0.0333. The number of methoxy groups -OCH3 is 1. The topological polar surface area (TPSA) is 74.2 Å². The van der Waals surface area contributed by atoms with Gasteiger partial charge in [0.2, 0.25) is 5.90 Å². The number of hydrogen-bond donors (Lipinski definition) is 0. The van der Waals surface area contributed by atoms with Crippen molar-refractivity contribution in [3.63, 3.8) is 0 Å². The van der Waals surface area contributed by atoms with Gasteiger partial charge < -0.3 is 14.2 Å². The van der Waals surface area contributed by atoms with Crippen LogP contribution < -0.4 is 9.47 Å². The minimum Gasteiger partial charge on any atom is -0.493 e. The highest BCUT2D eigenvalue weighted by molar-refractivity contribution is 6.32. The predicted octanol–water partition coefficient (Wildman–Crippen LogP) is 6.58. The van der Waals surface area contributed by atoms with E-state index in [2.05, 4.69) is 4.99 Å². The van der Waals surface area contributed by atoms with E-state index in [9.17, 15) is 9.59 Å². The SMILES string of the molecule is COc1cc(/C=C2\N=C(c3ccc(-c4ccccc4)cc3)OC2=O)cc(Cl)c1OC(=O)c1ccccc1. The number of esters is 2. The van der Waals surface area contributed by atoms with Crippen LogP contribution >= 0.6 is 11.6 Å². The van der Waals surface area contributed by atoms with Crippen molar-refractivity contribution in [1.82, 2.24) is 0 Å². The van der Waals surface area contributed by atoms with Gasteiger partial charge >= 0.3 is 11.9 Å². The summed E-state index contributed by atoms with van der Waals surface area (Å²) in [6, 6.07) is 29.3. The molecule has 0 spiro atoms. The number of ether oxygens (including phenoxy) is 3. The summed E-state index contributed by atoms with van der Waals surface area (Å²) in [5.41, 5.74) is 3.81. The van der Waals surface area contributed by atoms with Gasteiger partial charge in [0.05, 0.1) is 17.7 Å². The minimum atomic E-state index is -0.586. The minimum absolute atomic E-state index is 0.0804. The number of benzene rings is 4. The van der Waals surface area contributed by atoms with Crippen LogP contribution in [0.4, 0.5) is 0 Å². The Kier molecular flexibility index (Phi) is 6.83. The number of hydrogen-bond acceptors (Lipinski definition) is 6. The molecule has 7 heteroatoms. The molecule has 1 aliphatic heterocycles. The van der Waals surface area contributed by atoms with Crippen molar-refractivity contribution in [1.29, 1.82) is 0 Å². The number of nitrogens with zero attached hydrogens (tertiary/aromatic N) is 1. The van der Waals surface area contributed by atoms with Gasteiger partial charge in [-0.2, -0.15) is 0 Å². The van der Waals surface area contributed by atoms with Crippen LogP contribution in [0.2, 0.25) is 5.02 Å². The first-order chi connectivity index (χ1) is 18.0. The maximum absolute atomic E-state index is 12.5. The molecule has 0 aromatic heterocycles. The van der Waals surface area contributed by atoms with Gasteiger partial charge in [-0.25, -0.2) is 14.6 Å². The van der Waals surface area contributed by atoms with E-state index in [1.54, 1.807) is 42.5 Å². The Morgan fingerprint density at radius 3 is 2.16 bits per heavy atom. The van der Waals surface area contributed by atoms with Crippen LogP contribution in [0.25, 0.3) is 17.2 Å². The fourth-order valence-corrected chi connectivity index (χ4v) is 4.03. The molecule has 0 saturated carbocycles. The summed E-state index contributed by atoms with van der Waals surface area (Å²) in [5.74, 6) is -0.634. The van der Waals surface area contributed by atoms with Crippen molar-refractivity contribution in [2.24, 2.45) is 4.99 Å². The molecular weight excluding hydrogens is 490 g/mol. The number of rotatable bonds is 6. The van der Waals surface area contributed by atoms with Crippen molar-refractivity contribution in [3.05, 3.63) is 124 Å². The Morgan fingerprint density at radius 1 is 0.865 bits per heavy atom. The molecule has 1 heterocycles. The van der Waals surface area contributed by atoms with Crippen LogP contribution in [0.5, 0.6) is 11.5 Å². The van der Waals surface area contributed by atoms with Gasteiger partial charge in [0, 0.05) is 5.56 Å². The lowest BCUT2D eigenvalue weighted by molar-refractivity contribution is -0.129. The van der Waals surface area contributed by atoms with E-state index < -0.39 is 11.9 Å². The van der Waals surface area contributed by atoms with Crippen molar-refractivity contribution >= 4 is 35.5 Å². The van der Waals surface area contributed by atoms with E-state index in [1.807, 2.05) is 54.6 Å². The third-order valence-corrected chi connectivity index (χ3v) is 5.90. The van der Waals surface area contributed by atoms with Crippen LogP contribution in [-0.2, 0) is 9.53 Å². The standard InChI is InChI=1S/C30H20ClNO5/c1-35-26-18-19(16-24(31)27(26)36-29(33)23-10-6-3-7-11-23)17-25-30(34)37-28(32-25)22-14-12-21(13-15-22)20-8-4-2-5-9-20/h2-18H,1H3/b25-17-. The van der Waals surface area contributed by atoms with Crippen molar-refractivity contribution in [2.75, 3.05) is 7.11 Å². The number of cyclic esters (lactones) is 1. The molecule has 0 bridgehead atoms. The summed E-state index contributed by atoms with van der Waals surface area (Å²) in [5, 5.41) is 0.141. The third-order valence-electron chi connectivity index (χ3n) is 5.62. The van der Waals surface area contributed by atoms with Gasteiger partial charge in [0.15, 0.2) is 17.2 Å². The van der Waals surface area contributed by atoms with Gasteiger partial charge in [-0.15, -0.1) is 0 Å². The highest BCUT2D eigenvalue weighted by atomic mass is 35.5. The van der Waals surface area contributed by atoms with Gasteiger partial charge in [-0.3, -0.25) is 0 Å². The molecule has 0 saturated heterocycles. The van der Waals surface area contributed by atoms with Crippen molar-refractivity contribution in [2.45, 2.75) is 0 Å². The molecule has 182 valence electrons. The van der Waals surface area contributed by atoms with Crippen molar-refractivity contribution in [3.8, 4) is 22.6 Å². The zero-order chi connectivity index (χ0) is 25.8. The average Bonchev–Trinajstić information content (AvgIpc) is 3.30.